The highest BCUT2D eigenvalue weighted by atomic mass is 35.5. The number of nitrogens with zero attached hydrogens (tertiary/aromatic N) is 7. The Hall–Kier alpha value is -3.49. The molecule has 180 valence electrons. The first kappa shape index (κ1) is 23.3. The summed E-state index contributed by atoms with van der Waals surface area (Å²) in [6, 6.07) is 15.2. The van der Waals surface area contributed by atoms with Gasteiger partial charge in [0.25, 0.3) is 0 Å². The van der Waals surface area contributed by atoms with Crippen molar-refractivity contribution in [2.45, 2.75) is 25.9 Å². The summed E-state index contributed by atoms with van der Waals surface area (Å²) in [6.07, 6.45) is 8.32. The highest BCUT2D eigenvalue weighted by Crippen LogP contribution is 2.31. The number of aromatic nitrogens is 6. The number of hydrogen-bond acceptors (Lipinski definition) is 6. The fourth-order valence-electron chi connectivity index (χ4n) is 5.20. The molecular formula is C26H29ClN8. The fraction of sp³-hybridized carbons (Fsp3) is 0.308. The zero-order chi connectivity index (χ0) is 23.1. The highest BCUT2D eigenvalue weighted by molar-refractivity contribution is 5.91. The van der Waals surface area contributed by atoms with Gasteiger partial charge in [-0.05, 0) is 36.6 Å². The molecule has 5 heterocycles. The molecule has 1 aliphatic heterocycles. The largest absolute Gasteiger partial charge is 0.354 e. The Balaban J connectivity index is 0.00000253. The molecule has 35 heavy (non-hydrogen) atoms. The van der Waals surface area contributed by atoms with E-state index in [9.17, 15) is 0 Å². The molecule has 0 aliphatic carbocycles. The maximum Gasteiger partial charge on any atom is 0.151 e. The number of halogens is 1. The predicted octanol–water partition coefficient (Wildman–Crippen LogP) is 4.46. The molecule has 1 aromatic carbocycles. The molecular weight excluding hydrogens is 460 g/mol. The number of piperidine rings is 1. The third-order valence-electron chi connectivity index (χ3n) is 7.10. The zero-order valence-electron chi connectivity index (χ0n) is 19.9. The topological polar surface area (TPSA) is 78.8 Å². The molecule has 1 aliphatic rings. The number of fused-ring (bicyclic) bond motifs is 2. The molecule has 8 nitrogen and oxygen atoms in total. The Morgan fingerprint density at radius 3 is 2.69 bits per heavy atom. The highest BCUT2D eigenvalue weighted by Gasteiger charge is 2.31. The van der Waals surface area contributed by atoms with Crippen molar-refractivity contribution in [1.29, 1.82) is 0 Å². The lowest BCUT2D eigenvalue weighted by molar-refractivity contribution is 0.159. The normalized spacial score (nSPS) is 18.6. The predicted molar refractivity (Wildman–Crippen MR) is 141 cm³/mol. The van der Waals surface area contributed by atoms with Gasteiger partial charge in [0.1, 0.15) is 24.1 Å². The lowest BCUT2D eigenvalue weighted by Crippen LogP contribution is -2.50. The number of likely N-dealkylation sites (tertiary alicyclic amines) is 1. The van der Waals surface area contributed by atoms with Gasteiger partial charge in [0.2, 0.25) is 0 Å². The van der Waals surface area contributed by atoms with E-state index < -0.39 is 0 Å². The molecule has 2 atom stereocenters. The summed E-state index contributed by atoms with van der Waals surface area (Å²) in [5, 5.41) is 1.99. The number of benzene rings is 1. The number of hydrogen-bond donors (Lipinski definition) is 1. The van der Waals surface area contributed by atoms with E-state index in [1.54, 1.807) is 12.7 Å². The van der Waals surface area contributed by atoms with Crippen LogP contribution >= 0.6 is 12.4 Å². The third kappa shape index (κ3) is 4.24. The SMILES string of the molecule is C[C@@H]1CCN(Cc2ccccc2)C[C@@H]1N(C)c1ncnc2c1ccn2-c1ncnc2[nH]ccc12.Cl. The quantitative estimate of drug-likeness (QED) is 0.393. The summed E-state index contributed by atoms with van der Waals surface area (Å²) in [5.74, 6) is 2.35. The van der Waals surface area contributed by atoms with Crippen molar-refractivity contribution in [3.8, 4) is 5.82 Å². The average Bonchev–Trinajstić information content (AvgIpc) is 3.52. The van der Waals surface area contributed by atoms with Crippen LogP contribution in [-0.2, 0) is 6.54 Å². The van der Waals surface area contributed by atoms with Gasteiger partial charge in [0, 0.05) is 38.6 Å². The van der Waals surface area contributed by atoms with Crippen LogP contribution in [0.25, 0.3) is 27.9 Å². The van der Waals surface area contributed by atoms with Gasteiger partial charge in [0.05, 0.1) is 10.8 Å². The first-order valence-corrected chi connectivity index (χ1v) is 11.8. The van der Waals surface area contributed by atoms with Gasteiger partial charge < -0.3 is 9.88 Å². The lowest BCUT2D eigenvalue weighted by Gasteiger charge is -2.42. The second-order valence-corrected chi connectivity index (χ2v) is 9.22. The summed E-state index contributed by atoms with van der Waals surface area (Å²) >= 11 is 0. The number of rotatable bonds is 5. The fourth-order valence-corrected chi connectivity index (χ4v) is 5.20. The van der Waals surface area contributed by atoms with Crippen LogP contribution in [-0.4, -0.2) is 60.6 Å². The molecule has 0 unspecified atom stereocenters. The minimum absolute atomic E-state index is 0. The molecule has 0 bridgehead atoms. The number of anilines is 1. The minimum Gasteiger partial charge on any atom is -0.354 e. The molecule has 6 rings (SSSR count). The molecule has 1 N–H and O–H groups in total. The van der Waals surface area contributed by atoms with E-state index in [0.717, 1.165) is 53.3 Å². The Bertz CT molecular complexity index is 1430. The second-order valence-electron chi connectivity index (χ2n) is 9.22. The maximum absolute atomic E-state index is 4.73. The average molecular weight is 489 g/mol. The molecule has 9 heteroatoms. The van der Waals surface area contributed by atoms with Gasteiger partial charge in [-0.1, -0.05) is 37.3 Å². The van der Waals surface area contributed by atoms with Crippen molar-refractivity contribution in [1.82, 2.24) is 34.4 Å². The van der Waals surface area contributed by atoms with Crippen LogP contribution in [0, 0.1) is 5.92 Å². The van der Waals surface area contributed by atoms with Gasteiger partial charge in [-0.25, -0.2) is 19.9 Å². The van der Waals surface area contributed by atoms with E-state index in [0.29, 0.717) is 12.0 Å². The number of likely N-dealkylation sites (N-methyl/N-ethyl adjacent to an activating group) is 1. The molecule has 1 saturated heterocycles. The van der Waals surface area contributed by atoms with Crippen molar-refractivity contribution in [2.24, 2.45) is 5.92 Å². The maximum atomic E-state index is 4.73. The smallest absolute Gasteiger partial charge is 0.151 e. The van der Waals surface area contributed by atoms with Crippen LogP contribution < -0.4 is 4.90 Å². The van der Waals surface area contributed by atoms with Crippen molar-refractivity contribution >= 4 is 40.3 Å². The molecule has 1 fully saturated rings. The van der Waals surface area contributed by atoms with E-state index in [2.05, 4.69) is 80.1 Å². The Kier molecular flexibility index (Phi) is 6.40. The summed E-state index contributed by atoms with van der Waals surface area (Å²) in [6.45, 7) is 5.47. The van der Waals surface area contributed by atoms with Gasteiger partial charge in [-0.2, -0.15) is 0 Å². The van der Waals surface area contributed by atoms with E-state index >= 15 is 0 Å². The van der Waals surface area contributed by atoms with Crippen molar-refractivity contribution < 1.29 is 0 Å². The van der Waals surface area contributed by atoms with Crippen LogP contribution in [0.5, 0.6) is 0 Å². The second kappa shape index (κ2) is 9.64. The van der Waals surface area contributed by atoms with Crippen LogP contribution in [0.15, 0.2) is 67.5 Å². The van der Waals surface area contributed by atoms with Crippen LogP contribution in [0.1, 0.15) is 18.9 Å². The Morgan fingerprint density at radius 2 is 1.83 bits per heavy atom. The third-order valence-corrected chi connectivity index (χ3v) is 7.10. The van der Waals surface area contributed by atoms with E-state index in [4.69, 9.17) is 4.98 Å². The zero-order valence-corrected chi connectivity index (χ0v) is 20.7. The Morgan fingerprint density at radius 1 is 1.00 bits per heavy atom. The Labute approximate surface area is 210 Å². The first-order valence-electron chi connectivity index (χ1n) is 11.8. The number of aromatic amines is 1. The lowest BCUT2D eigenvalue weighted by atomic mass is 9.92. The standard InChI is InChI=1S/C26H28N8.ClH/c1-18-9-12-33(14-19-6-4-3-5-7-19)15-22(18)32(2)24-21-10-13-34(26(21)31-17-29-24)25-20-8-11-27-23(20)28-16-30-25;/h3-8,10-11,13,16-18,22H,9,12,14-15H2,1-2H3,(H,27,28,30);1H/t18-,22+;/m1./s1. The van der Waals surface area contributed by atoms with Gasteiger partial charge in [-0.15, -0.1) is 12.4 Å². The van der Waals surface area contributed by atoms with Gasteiger partial charge in [-0.3, -0.25) is 9.47 Å². The van der Waals surface area contributed by atoms with E-state index in [1.165, 1.54) is 12.0 Å². The van der Waals surface area contributed by atoms with Gasteiger partial charge >= 0.3 is 0 Å². The molecule has 0 spiro atoms. The van der Waals surface area contributed by atoms with Crippen molar-refractivity contribution in [2.75, 3.05) is 25.0 Å². The monoisotopic (exact) mass is 488 g/mol. The minimum atomic E-state index is 0. The summed E-state index contributed by atoms with van der Waals surface area (Å²) in [4.78, 5) is 26.3. The van der Waals surface area contributed by atoms with Gasteiger partial charge in [0.15, 0.2) is 11.5 Å². The summed E-state index contributed by atoms with van der Waals surface area (Å²) in [5.41, 5.74) is 3.02. The number of H-pyrrole nitrogens is 1. The number of nitrogens with one attached hydrogen (secondary N) is 1. The molecule has 0 radical (unpaired) electrons. The van der Waals surface area contributed by atoms with E-state index in [1.807, 2.05) is 23.0 Å². The summed E-state index contributed by atoms with van der Waals surface area (Å²) < 4.78 is 2.03. The molecule has 4 aromatic heterocycles. The summed E-state index contributed by atoms with van der Waals surface area (Å²) in [7, 11) is 2.17. The van der Waals surface area contributed by atoms with Crippen LogP contribution in [0.4, 0.5) is 5.82 Å². The van der Waals surface area contributed by atoms with Crippen LogP contribution in [0.2, 0.25) is 0 Å². The van der Waals surface area contributed by atoms with Crippen LogP contribution in [0.3, 0.4) is 0 Å². The molecule has 0 amide bonds. The molecule has 5 aromatic rings. The van der Waals surface area contributed by atoms with E-state index in [-0.39, 0.29) is 12.4 Å². The van der Waals surface area contributed by atoms with Crippen molar-refractivity contribution in [3.05, 3.63) is 73.1 Å². The first-order chi connectivity index (χ1) is 16.7. The molecule has 0 saturated carbocycles. The van der Waals surface area contributed by atoms with Crippen molar-refractivity contribution in [3.63, 3.8) is 0 Å².